The Bertz CT molecular complexity index is 501. The molecule has 0 unspecified atom stereocenters. The van der Waals surface area contributed by atoms with E-state index in [4.69, 9.17) is 10.6 Å². The molecule has 0 bridgehead atoms. The third kappa shape index (κ3) is 4.50. The number of rotatable bonds is 4. The van der Waals surface area contributed by atoms with Gasteiger partial charge in [-0.25, -0.2) is 4.79 Å². The van der Waals surface area contributed by atoms with Crippen LogP contribution in [-0.4, -0.2) is 17.0 Å². The molecule has 1 aromatic rings. The first-order valence-electron chi connectivity index (χ1n) is 4.49. The maximum Gasteiger partial charge on any atom is 0.328 e. The minimum atomic E-state index is -1.20. The third-order valence-electron chi connectivity index (χ3n) is 1.67. The van der Waals surface area contributed by atoms with Gasteiger partial charge in [-0.05, 0) is 17.7 Å². The van der Waals surface area contributed by atoms with Crippen molar-refractivity contribution in [2.45, 2.75) is 0 Å². The van der Waals surface area contributed by atoms with E-state index in [-0.39, 0.29) is 0 Å². The van der Waals surface area contributed by atoms with Crippen LogP contribution in [0.3, 0.4) is 0 Å². The summed E-state index contributed by atoms with van der Waals surface area (Å²) >= 11 is 0. The molecule has 1 rings (SSSR count). The van der Waals surface area contributed by atoms with Gasteiger partial charge < -0.3 is 10.4 Å². The lowest BCUT2D eigenvalue weighted by Gasteiger charge is -2.01. The zero-order valence-electron chi connectivity index (χ0n) is 8.57. The lowest BCUT2D eigenvalue weighted by Crippen LogP contribution is -2.08. The predicted octanol–water partition coefficient (Wildman–Crippen LogP) is 2.21. The highest BCUT2D eigenvalue weighted by molar-refractivity contribution is 6.02. The number of carbonyl (C=O) groups excluding carboxylic acids is 1. The van der Waals surface area contributed by atoms with Gasteiger partial charge in [-0.2, -0.15) is 0 Å². The van der Waals surface area contributed by atoms with Crippen LogP contribution in [0, 0.1) is 0 Å². The zero-order chi connectivity index (χ0) is 12.7. The van der Waals surface area contributed by atoms with Gasteiger partial charge in [0, 0.05) is 28.4 Å². The van der Waals surface area contributed by atoms with Crippen LogP contribution in [0.1, 0.15) is 0 Å². The molecule has 86 valence electrons. The normalized spacial score (nSPS) is 9.65. The fourth-order valence-corrected chi connectivity index (χ4v) is 0.994. The Hall–Kier alpha value is -2.79. The van der Waals surface area contributed by atoms with Gasteiger partial charge in [0.1, 0.15) is 0 Å². The number of aliphatic carboxylic acids is 1. The van der Waals surface area contributed by atoms with Gasteiger partial charge in [0.05, 0.1) is 0 Å². The molecule has 7 heteroatoms. The third-order valence-corrected chi connectivity index (χ3v) is 1.67. The maximum absolute atomic E-state index is 11.2. The van der Waals surface area contributed by atoms with Gasteiger partial charge in [-0.15, -0.1) is 0 Å². The van der Waals surface area contributed by atoms with E-state index < -0.39 is 11.9 Å². The number of anilines is 1. The van der Waals surface area contributed by atoms with E-state index in [1.807, 2.05) is 0 Å². The van der Waals surface area contributed by atoms with Crippen LogP contribution in [0.4, 0.5) is 11.4 Å². The standard InChI is InChI=1S/C10H8N4O3/c11-14-13-8-3-1-7(2-4-8)12-9(15)5-6-10(16)17/h1-6H,(H,12,15)(H,16,17)/b6-5-. The molecule has 1 aromatic carbocycles. The van der Waals surface area contributed by atoms with Crippen molar-refractivity contribution >= 4 is 23.3 Å². The number of carboxylic acids is 1. The summed E-state index contributed by atoms with van der Waals surface area (Å²) in [5.74, 6) is -1.75. The van der Waals surface area contributed by atoms with E-state index in [1.165, 1.54) is 24.3 Å². The number of carbonyl (C=O) groups is 2. The second-order valence-corrected chi connectivity index (χ2v) is 2.90. The van der Waals surface area contributed by atoms with Gasteiger partial charge in [-0.3, -0.25) is 4.79 Å². The van der Waals surface area contributed by atoms with Crippen LogP contribution in [0.25, 0.3) is 10.4 Å². The fourth-order valence-electron chi connectivity index (χ4n) is 0.994. The smallest absolute Gasteiger partial charge is 0.328 e. The van der Waals surface area contributed by atoms with Crippen LogP contribution in [0.5, 0.6) is 0 Å². The van der Waals surface area contributed by atoms with Crippen LogP contribution in [0.15, 0.2) is 41.5 Å². The van der Waals surface area contributed by atoms with Crippen molar-refractivity contribution in [3.05, 3.63) is 46.9 Å². The summed E-state index contributed by atoms with van der Waals surface area (Å²) in [5.41, 5.74) is 9.08. The number of nitrogens with one attached hydrogen (secondary N) is 1. The van der Waals surface area contributed by atoms with E-state index in [1.54, 1.807) is 0 Å². The fraction of sp³-hybridized carbons (Fsp3) is 0. The second kappa shape index (κ2) is 5.94. The van der Waals surface area contributed by atoms with Crippen molar-refractivity contribution in [2.24, 2.45) is 5.11 Å². The summed E-state index contributed by atoms with van der Waals surface area (Å²) in [7, 11) is 0. The molecule has 0 radical (unpaired) electrons. The van der Waals surface area contributed by atoms with E-state index >= 15 is 0 Å². The summed E-state index contributed by atoms with van der Waals surface area (Å²) in [6, 6.07) is 6.12. The Balaban J connectivity index is 2.66. The molecular formula is C10H8N4O3. The summed E-state index contributed by atoms with van der Waals surface area (Å²) in [5, 5.41) is 14.1. The molecule has 0 aliphatic rings. The largest absolute Gasteiger partial charge is 0.478 e. The molecule has 0 aromatic heterocycles. The highest BCUT2D eigenvalue weighted by Crippen LogP contribution is 2.16. The number of hydrogen-bond donors (Lipinski definition) is 2. The van der Waals surface area contributed by atoms with E-state index in [0.29, 0.717) is 11.4 Å². The number of amides is 1. The van der Waals surface area contributed by atoms with Gasteiger partial charge in [0.25, 0.3) is 0 Å². The van der Waals surface area contributed by atoms with Crippen molar-refractivity contribution < 1.29 is 14.7 Å². The minimum Gasteiger partial charge on any atom is -0.478 e. The van der Waals surface area contributed by atoms with Crippen molar-refractivity contribution in [1.82, 2.24) is 0 Å². The highest BCUT2D eigenvalue weighted by Gasteiger charge is 1.98. The van der Waals surface area contributed by atoms with Crippen molar-refractivity contribution in [3.8, 4) is 0 Å². The van der Waals surface area contributed by atoms with E-state index in [2.05, 4.69) is 15.3 Å². The Morgan fingerprint density at radius 1 is 1.29 bits per heavy atom. The van der Waals surface area contributed by atoms with Gasteiger partial charge in [0.15, 0.2) is 0 Å². The SMILES string of the molecule is [N-]=[N+]=Nc1ccc(NC(=O)/C=C\C(=O)O)cc1. The van der Waals surface area contributed by atoms with Crippen molar-refractivity contribution in [1.29, 1.82) is 0 Å². The molecule has 0 heterocycles. The van der Waals surface area contributed by atoms with Gasteiger partial charge in [0.2, 0.25) is 5.91 Å². The summed E-state index contributed by atoms with van der Waals surface area (Å²) in [6.07, 6.45) is 1.65. The minimum absolute atomic E-state index is 0.423. The first-order valence-corrected chi connectivity index (χ1v) is 4.49. The van der Waals surface area contributed by atoms with E-state index in [0.717, 1.165) is 12.2 Å². The molecule has 0 spiro atoms. The lowest BCUT2D eigenvalue weighted by atomic mass is 10.3. The van der Waals surface area contributed by atoms with Crippen molar-refractivity contribution in [3.63, 3.8) is 0 Å². The molecule has 7 nitrogen and oxygen atoms in total. The average Bonchev–Trinajstić information content (AvgIpc) is 2.29. The van der Waals surface area contributed by atoms with Crippen LogP contribution in [0.2, 0.25) is 0 Å². The monoisotopic (exact) mass is 232 g/mol. The van der Waals surface area contributed by atoms with Gasteiger partial charge >= 0.3 is 5.97 Å². The summed E-state index contributed by atoms with van der Waals surface area (Å²) in [6.45, 7) is 0. The Kier molecular flexibility index (Phi) is 4.29. The first-order chi connectivity index (χ1) is 8.11. The Labute approximate surface area is 96.0 Å². The predicted molar refractivity (Wildman–Crippen MR) is 60.7 cm³/mol. The molecule has 0 atom stereocenters. The lowest BCUT2D eigenvalue weighted by molar-refractivity contribution is -0.131. The molecule has 0 saturated carbocycles. The van der Waals surface area contributed by atoms with E-state index in [9.17, 15) is 9.59 Å². The van der Waals surface area contributed by atoms with Crippen LogP contribution >= 0.6 is 0 Å². The molecular weight excluding hydrogens is 224 g/mol. The zero-order valence-corrected chi connectivity index (χ0v) is 8.57. The molecule has 0 saturated heterocycles. The maximum atomic E-state index is 11.2. The Morgan fingerprint density at radius 2 is 1.94 bits per heavy atom. The quantitative estimate of drug-likeness (QED) is 0.358. The highest BCUT2D eigenvalue weighted by atomic mass is 16.4. The summed E-state index contributed by atoms with van der Waals surface area (Å²) in [4.78, 5) is 24.0. The number of benzene rings is 1. The molecule has 0 fully saturated rings. The molecule has 0 aliphatic carbocycles. The molecule has 0 aliphatic heterocycles. The number of nitrogens with zero attached hydrogens (tertiary/aromatic N) is 3. The second-order valence-electron chi connectivity index (χ2n) is 2.90. The number of azide groups is 1. The van der Waals surface area contributed by atoms with Gasteiger partial charge in [-0.1, -0.05) is 17.2 Å². The molecule has 2 N–H and O–H groups in total. The molecule has 17 heavy (non-hydrogen) atoms. The first kappa shape index (κ1) is 12.3. The summed E-state index contributed by atoms with van der Waals surface area (Å²) < 4.78 is 0. The van der Waals surface area contributed by atoms with Crippen LogP contribution < -0.4 is 5.32 Å². The Morgan fingerprint density at radius 3 is 2.47 bits per heavy atom. The van der Waals surface area contributed by atoms with Crippen LogP contribution in [-0.2, 0) is 9.59 Å². The number of hydrogen-bond acceptors (Lipinski definition) is 3. The topological polar surface area (TPSA) is 115 Å². The number of carboxylic acid groups (broad SMARTS) is 1. The average molecular weight is 232 g/mol. The molecule has 1 amide bonds. The van der Waals surface area contributed by atoms with Crippen molar-refractivity contribution in [2.75, 3.05) is 5.32 Å².